The Morgan fingerprint density at radius 3 is 2.26 bits per heavy atom. The number of benzene rings is 1. The highest BCUT2D eigenvalue weighted by atomic mass is 79.9. The monoisotopic (exact) mass is 326 g/mol. The highest BCUT2D eigenvalue weighted by molar-refractivity contribution is 9.10. The molecule has 0 bridgehead atoms. The molecule has 2 nitrogen and oxygen atoms in total. The van der Waals surface area contributed by atoms with Crippen molar-refractivity contribution in [1.82, 2.24) is 4.90 Å². The minimum Gasteiger partial charge on any atom is -0.329 e. The zero-order valence-electron chi connectivity index (χ0n) is 12.6. The van der Waals surface area contributed by atoms with Crippen molar-refractivity contribution in [3.05, 3.63) is 34.3 Å². The van der Waals surface area contributed by atoms with E-state index in [1.807, 2.05) is 0 Å². The van der Waals surface area contributed by atoms with E-state index in [-0.39, 0.29) is 5.54 Å². The Balaban J connectivity index is 2.85. The van der Waals surface area contributed by atoms with Crippen molar-refractivity contribution in [2.24, 2.45) is 11.7 Å². The third kappa shape index (κ3) is 4.90. The van der Waals surface area contributed by atoms with Gasteiger partial charge >= 0.3 is 0 Å². The maximum atomic E-state index is 6.09. The molecule has 0 heterocycles. The molecule has 1 unspecified atom stereocenters. The van der Waals surface area contributed by atoms with Crippen LogP contribution in [0.5, 0.6) is 0 Å². The van der Waals surface area contributed by atoms with Gasteiger partial charge in [-0.1, -0.05) is 48.8 Å². The molecular weight excluding hydrogens is 300 g/mol. The molecule has 1 rings (SSSR count). The van der Waals surface area contributed by atoms with Gasteiger partial charge in [0.1, 0.15) is 0 Å². The van der Waals surface area contributed by atoms with Gasteiger partial charge in [-0.3, -0.25) is 4.90 Å². The van der Waals surface area contributed by atoms with Crippen LogP contribution < -0.4 is 5.73 Å². The van der Waals surface area contributed by atoms with E-state index in [9.17, 15) is 0 Å². The first-order valence-corrected chi connectivity index (χ1v) is 7.90. The molecule has 0 aromatic heterocycles. The van der Waals surface area contributed by atoms with Crippen molar-refractivity contribution < 1.29 is 0 Å². The third-order valence-electron chi connectivity index (χ3n) is 3.67. The van der Waals surface area contributed by atoms with Crippen molar-refractivity contribution in [3.8, 4) is 0 Å². The van der Waals surface area contributed by atoms with E-state index in [4.69, 9.17) is 5.73 Å². The average Bonchev–Trinajstić information content (AvgIpc) is 2.38. The van der Waals surface area contributed by atoms with Crippen LogP contribution in [0.3, 0.4) is 0 Å². The highest BCUT2D eigenvalue weighted by Gasteiger charge is 2.30. The van der Waals surface area contributed by atoms with Gasteiger partial charge in [0.05, 0.1) is 0 Å². The van der Waals surface area contributed by atoms with E-state index in [2.05, 4.69) is 72.8 Å². The number of hydrogen-bond acceptors (Lipinski definition) is 2. The highest BCUT2D eigenvalue weighted by Crippen LogP contribution is 2.22. The van der Waals surface area contributed by atoms with E-state index < -0.39 is 0 Å². The minimum absolute atomic E-state index is 0.0346. The Morgan fingerprint density at radius 2 is 1.84 bits per heavy atom. The normalized spacial score (nSPS) is 14.9. The number of nitrogens with two attached hydrogens (primary N) is 1. The number of halogens is 1. The van der Waals surface area contributed by atoms with Gasteiger partial charge in [0.15, 0.2) is 0 Å². The first kappa shape index (κ1) is 16.7. The molecule has 0 radical (unpaired) electrons. The van der Waals surface area contributed by atoms with E-state index in [0.717, 1.165) is 24.0 Å². The molecule has 1 atom stereocenters. The maximum absolute atomic E-state index is 6.09. The van der Waals surface area contributed by atoms with E-state index in [1.165, 1.54) is 5.56 Å². The number of nitrogens with zero attached hydrogens (tertiary/aromatic N) is 1. The zero-order chi connectivity index (χ0) is 14.5. The molecule has 1 aromatic rings. The Labute approximate surface area is 126 Å². The van der Waals surface area contributed by atoms with Gasteiger partial charge in [0.2, 0.25) is 0 Å². The first-order chi connectivity index (χ1) is 8.91. The van der Waals surface area contributed by atoms with Gasteiger partial charge in [-0.2, -0.15) is 0 Å². The Hall–Kier alpha value is -0.380. The summed E-state index contributed by atoms with van der Waals surface area (Å²) in [6, 6.07) is 8.57. The average molecular weight is 327 g/mol. The van der Waals surface area contributed by atoms with Crippen LogP contribution in [-0.2, 0) is 6.42 Å². The van der Waals surface area contributed by atoms with Gasteiger partial charge in [-0.15, -0.1) is 0 Å². The molecular formula is C16H27BrN2. The summed E-state index contributed by atoms with van der Waals surface area (Å²) in [5.41, 5.74) is 7.47. The van der Waals surface area contributed by atoms with Gasteiger partial charge < -0.3 is 5.73 Å². The fraction of sp³-hybridized carbons (Fsp3) is 0.625. The summed E-state index contributed by atoms with van der Waals surface area (Å²) < 4.78 is 1.13. The van der Waals surface area contributed by atoms with Crippen molar-refractivity contribution in [3.63, 3.8) is 0 Å². The first-order valence-electron chi connectivity index (χ1n) is 7.11. The van der Waals surface area contributed by atoms with Crippen LogP contribution in [-0.4, -0.2) is 30.1 Å². The lowest BCUT2D eigenvalue weighted by Gasteiger charge is -2.41. The lowest BCUT2D eigenvalue weighted by molar-refractivity contribution is 0.102. The number of rotatable bonds is 7. The molecule has 19 heavy (non-hydrogen) atoms. The fourth-order valence-electron chi connectivity index (χ4n) is 2.53. The molecule has 0 amide bonds. The molecule has 0 saturated carbocycles. The van der Waals surface area contributed by atoms with Crippen LogP contribution in [0.15, 0.2) is 28.7 Å². The Kier molecular flexibility index (Phi) is 6.51. The molecule has 0 aliphatic heterocycles. The summed E-state index contributed by atoms with van der Waals surface area (Å²) in [5, 5.41) is 0. The molecule has 0 saturated heterocycles. The standard InChI is InChI=1S/C16H27BrN2/c1-5-19(11-13(2)3)16(4,12-18)10-14-6-8-15(17)9-7-14/h6-9,13H,5,10-12,18H2,1-4H3. The minimum atomic E-state index is 0.0346. The molecule has 0 fully saturated rings. The van der Waals surface area contributed by atoms with Crippen LogP contribution in [0.1, 0.15) is 33.3 Å². The zero-order valence-corrected chi connectivity index (χ0v) is 14.2. The van der Waals surface area contributed by atoms with Crippen LogP contribution in [0.2, 0.25) is 0 Å². The summed E-state index contributed by atoms with van der Waals surface area (Å²) in [4.78, 5) is 2.51. The number of hydrogen-bond donors (Lipinski definition) is 1. The smallest absolute Gasteiger partial charge is 0.0343 e. The molecule has 1 aromatic carbocycles. The SMILES string of the molecule is CCN(CC(C)C)C(C)(CN)Cc1ccc(Br)cc1. The summed E-state index contributed by atoms with van der Waals surface area (Å²) >= 11 is 3.48. The fourth-order valence-corrected chi connectivity index (χ4v) is 2.79. The van der Waals surface area contributed by atoms with Crippen LogP contribution in [0.4, 0.5) is 0 Å². The second kappa shape index (κ2) is 7.41. The lowest BCUT2D eigenvalue weighted by atomic mass is 9.90. The quantitative estimate of drug-likeness (QED) is 0.828. The Bertz CT molecular complexity index is 375. The lowest BCUT2D eigenvalue weighted by Crippen LogP contribution is -2.54. The Morgan fingerprint density at radius 1 is 1.26 bits per heavy atom. The molecule has 2 N–H and O–H groups in total. The van der Waals surface area contributed by atoms with E-state index in [1.54, 1.807) is 0 Å². The summed E-state index contributed by atoms with van der Waals surface area (Å²) in [6.07, 6.45) is 0.997. The van der Waals surface area contributed by atoms with Gasteiger partial charge in [0.25, 0.3) is 0 Å². The van der Waals surface area contributed by atoms with E-state index >= 15 is 0 Å². The maximum Gasteiger partial charge on any atom is 0.0343 e. The van der Waals surface area contributed by atoms with Crippen molar-refractivity contribution in [2.75, 3.05) is 19.6 Å². The molecule has 0 aliphatic rings. The van der Waals surface area contributed by atoms with Gasteiger partial charge in [-0.25, -0.2) is 0 Å². The summed E-state index contributed by atoms with van der Waals surface area (Å²) in [5.74, 6) is 0.663. The molecule has 108 valence electrons. The largest absolute Gasteiger partial charge is 0.329 e. The second-order valence-corrected chi connectivity index (χ2v) is 6.85. The van der Waals surface area contributed by atoms with Gasteiger partial charge in [-0.05, 0) is 43.5 Å². The second-order valence-electron chi connectivity index (χ2n) is 5.94. The third-order valence-corrected chi connectivity index (χ3v) is 4.20. The van der Waals surface area contributed by atoms with Crippen molar-refractivity contribution in [2.45, 2.75) is 39.7 Å². The van der Waals surface area contributed by atoms with Gasteiger partial charge in [0, 0.05) is 23.1 Å². The van der Waals surface area contributed by atoms with E-state index in [0.29, 0.717) is 12.5 Å². The number of likely N-dealkylation sites (N-methyl/N-ethyl adjacent to an activating group) is 1. The van der Waals surface area contributed by atoms with Crippen molar-refractivity contribution >= 4 is 15.9 Å². The van der Waals surface area contributed by atoms with Crippen LogP contribution in [0.25, 0.3) is 0 Å². The van der Waals surface area contributed by atoms with Crippen LogP contribution >= 0.6 is 15.9 Å². The van der Waals surface area contributed by atoms with Crippen molar-refractivity contribution in [1.29, 1.82) is 0 Å². The molecule has 0 aliphatic carbocycles. The predicted molar refractivity (Wildman–Crippen MR) is 87.4 cm³/mol. The summed E-state index contributed by atoms with van der Waals surface area (Å²) in [6.45, 7) is 11.9. The molecule has 0 spiro atoms. The molecule has 3 heteroatoms. The summed E-state index contributed by atoms with van der Waals surface area (Å²) in [7, 11) is 0. The predicted octanol–water partition coefficient (Wildman–Crippen LogP) is 3.69. The van der Waals surface area contributed by atoms with Crippen LogP contribution in [0, 0.1) is 5.92 Å². The topological polar surface area (TPSA) is 29.3 Å².